The Hall–Kier alpha value is -1.60. The van der Waals surface area contributed by atoms with E-state index in [4.69, 9.17) is 14.8 Å². The number of carboxylic acids is 1. The lowest BCUT2D eigenvalue weighted by molar-refractivity contribution is 0.0693. The SMILES string of the molecule is CC.O=C(O)c1cc(S(=O)(=O)O)ccc1O. The number of aromatic carboxylic acids is 1. The number of hydrogen-bond acceptors (Lipinski definition) is 4. The maximum atomic E-state index is 10.6. The van der Waals surface area contributed by atoms with Gasteiger partial charge in [-0.25, -0.2) is 4.79 Å². The molecular formula is C9H12O6S. The fourth-order valence-corrected chi connectivity index (χ4v) is 1.35. The van der Waals surface area contributed by atoms with Crippen molar-refractivity contribution in [1.29, 1.82) is 0 Å². The summed E-state index contributed by atoms with van der Waals surface area (Å²) in [5.41, 5.74) is -0.583. The van der Waals surface area contributed by atoms with Gasteiger partial charge in [-0.15, -0.1) is 0 Å². The molecule has 0 amide bonds. The molecule has 1 rings (SSSR count). The summed E-state index contributed by atoms with van der Waals surface area (Å²) in [5.74, 6) is -2.04. The molecule has 0 saturated heterocycles. The van der Waals surface area contributed by atoms with E-state index in [1.807, 2.05) is 13.8 Å². The van der Waals surface area contributed by atoms with Gasteiger partial charge in [-0.2, -0.15) is 8.42 Å². The van der Waals surface area contributed by atoms with Crippen molar-refractivity contribution in [2.45, 2.75) is 18.7 Å². The van der Waals surface area contributed by atoms with Crippen LogP contribution in [0.5, 0.6) is 5.75 Å². The van der Waals surface area contributed by atoms with Gasteiger partial charge >= 0.3 is 5.97 Å². The lowest BCUT2D eigenvalue weighted by Crippen LogP contribution is -2.02. The number of hydrogen-bond donors (Lipinski definition) is 3. The van der Waals surface area contributed by atoms with Crippen molar-refractivity contribution in [3.8, 4) is 5.75 Å². The number of carboxylic acid groups (broad SMARTS) is 1. The Morgan fingerprint density at radius 1 is 1.25 bits per heavy atom. The minimum Gasteiger partial charge on any atom is -0.507 e. The first-order chi connectivity index (χ1) is 7.32. The number of rotatable bonds is 2. The highest BCUT2D eigenvalue weighted by Gasteiger charge is 2.15. The van der Waals surface area contributed by atoms with Gasteiger partial charge in [0, 0.05) is 0 Å². The Balaban J connectivity index is 0.00000106. The van der Waals surface area contributed by atoms with Crippen molar-refractivity contribution in [1.82, 2.24) is 0 Å². The van der Waals surface area contributed by atoms with Gasteiger partial charge in [0.05, 0.1) is 4.90 Å². The summed E-state index contributed by atoms with van der Waals surface area (Å²) < 4.78 is 29.8. The molecule has 0 aliphatic heterocycles. The third kappa shape index (κ3) is 3.52. The first kappa shape index (κ1) is 14.4. The van der Waals surface area contributed by atoms with Crippen LogP contribution >= 0.6 is 0 Å². The number of aromatic hydroxyl groups is 1. The second-order valence-electron chi connectivity index (χ2n) is 2.46. The van der Waals surface area contributed by atoms with Crippen LogP contribution in [-0.4, -0.2) is 29.2 Å². The standard InChI is InChI=1S/C7H6O6S.C2H6/c8-6-2-1-4(14(11,12)13)3-5(6)7(9)10;1-2/h1-3,8H,(H,9,10)(H,11,12,13);1-2H3. The van der Waals surface area contributed by atoms with Crippen LogP contribution in [-0.2, 0) is 10.1 Å². The number of carbonyl (C=O) groups is 1. The van der Waals surface area contributed by atoms with Crippen LogP contribution in [0.4, 0.5) is 0 Å². The summed E-state index contributed by atoms with van der Waals surface area (Å²) in [5, 5.41) is 17.5. The van der Waals surface area contributed by atoms with Crippen molar-refractivity contribution in [2.75, 3.05) is 0 Å². The van der Waals surface area contributed by atoms with Crippen LogP contribution in [0.15, 0.2) is 23.1 Å². The Kier molecular flexibility index (Phi) is 4.93. The highest BCUT2D eigenvalue weighted by molar-refractivity contribution is 7.85. The van der Waals surface area contributed by atoms with Crippen LogP contribution in [0.3, 0.4) is 0 Å². The average Bonchev–Trinajstić information content (AvgIpc) is 2.19. The van der Waals surface area contributed by atoms with Gasteiger partial charge in [-0.3, -0.25) is 4.55 Å². The van der Waals surface area contributed by atoms with E-state index in [9.17, 15) is 13.2 Å². The summed E-state index contributed by atoms with van der Waals surface area (Å²) in [6, 6.07) is 2.46. The van der Waals surface area contributed by atoms with E-state index in [1.165, 1.54) is 0 Å². The third-order valence-corrected chi connectivity index (χ3v) is 2.35. The second kappa shape index (κ2) is 5.47. The summed E-state index contributed by atoms with van der Waals surface area (Å²) in [6.07, 6.45) is 0. The molecule has 0 aliphatic rings. The monoisotopic (exact) mass is 248 g/mol. The maximum absolute atomic E-state index is 10.6. The number of benzene rings is 1. The van der Waals surface area contributed by atoms with Gasteiger partial charge in [-0.05, 0) is 18.2 Å². The van der Waals surface area contributed by atoms with E-state index < -0.39 is 32.3 Å². The minimum atomic E-state index is -4.45. The van der Waals surface area contributed by atoms with Gasteiger partial charge < -0.3 is 10.2 Å². The van der Waals surface area contributed by atoms with Gasteiger partial charge in [-0.1, -0.05) is 13.8 Å². The quantitative estimate of drug-likeness (QED) is 0.681. The van der Waals surface area contributed by atoms with Crippen LogP contribution in [0.2, 0.25) is 0 Å². The van der Waals surface area contributed by atoms with E-state index in [2.05, 4.69) is 0 Å². The van der Waals surface area contributed by atoms with Gasteiger partial charge in [0.2, 0.25) is 0 Å². The van der Waals surface area contributed by atoms with Crippen LogP contribution in [0.1, 0.15) is 24.2 Å². The van der Waals surface area contributed by atoms with Crippen molar-refractivity contribution < 1.29 is 28.0 Å². The zero-order valence-electron chi connectivity index (χ0n) is 8.71. The minimum absolute atomic E-state index is 0.565. The lowest BCUT2D eigenvalue weighted by Gasteiger charge is -2.01. The molecule has 0 aromatic heterocycles. The Morgan fingerprint density at radius 2 is 1.75 bits per heavy atom. The van der Waals surface area contributed by atoms with Crippen molar-refractivity contribution in [2.24, 2.45) is 0 Å². The van der Waals surface area contributed by atoms with Crippen LogP contribution in [0.25, 0.3) is 0 Å². The fraction of sp³-hybridized carbons (Fsp3) is 0.222. The van der Waals surface area contributed by atoms with E-state index in [1.54, 1.807) is 0 Å². The highest BCUT2D eigenvalue weighted by atomic mass is 32.2. The molecule has 16 heavy (non-hydrogen) atoms. The zero-order valence-corrected chi connectivity index (χ0v) is 9.52. The molecule has 0 atom stereocenters. The fourth-order valence-electron chi connectivity index (χ4n) is 0.847. The lowest BCUT2D eigenvalue weighted by atomic mass is 10.2. The molecule has 90 valence electrons. The molecule has 7 heteroatoms. The Morgan fingerprint density at radius 3 is 2.12 bits per heavy atom. The molecule has 0 saturated carbocycles. The molecule has 0 spiro atoms. The van der Waals surface area contributed by atoms with Crippen LogP contribution in [0, 0.1) is 0 Å². The van der Waals surface area contributed by atoms with E-state index in [0.29, 0.717) is 6.07 Å². The molecule has 6 nitrogen and oxygen atoms in total. The third-order valence-electron chi connectivity index (χ3n) is 1.50. The smallest absolute Gasteiger partial charge is 0.339 e. The first-order valence-corrected chi connectivity index (χ1v) is 5.80. The summed E-state index contributed by atoms with van der Waals surface area (Å²) in [7, 11) is -4.45. The maximum Gasteiger partial charge on any atom is 0.339 e. The van der Waals surface area contributed by atoms with Gasteiger partial charge in [0.25, 0.3) is 10.1 Å². The normalized spacial score (nSPS) is 10.2. The van der Waals surface area contributed by atoms with Gasteiger partial charge in [0.15, 0.2) is 0 Å². The van der Waals surface area contributed by atoms with Crippen molar-refractivity contribution in [3.05, 3.63) is 23.8 Å². The van der Waals surface area contributed by atoms with E-state index >= 15 is 0 Å². The van der Waals surface area contributed by atoms with E-state index in [-0.39, 0.29) is 0 Å². The highest BCUT2D eigenvalue weighted by Crippen LogP contribution is 2.20. The molecule has 0 radical (unpaired) electrons. The molecule has 0 fully saturated rings. The molecule has 0 bridgehead atoms. The summed E-state index contributed by atoms with van der Waals surface area (Å²) in [4.78, 5) is 9.89. The average molecular weight is 248 g/mol. The summed E-state index contributed by atoms with van der Waals surface area (Å²) >= 11 is 0. The van der Waals surface area contributed by atoms with Crippen molar-refractivity contribution >= 4 is 16.1 Å². The molecule has 0 unspecified atom stereocenters. The Labute approximate surface area is 92.9 Å². The number of phenols is 1. The first-order valence-electron chi connectivity index (χ1n) is 4.36. The topological polar surface area (TPSA) is 112 Å². The molecule has 3 N–H and O–H groups in total. The molecular weight excluding hydrogens is 236 g/mol. The van der Waals surface area contributed by atoms with E-state index in [0.717, 1.165) is 12.1 Å². The predicted octanol–water partition coefficient (Wildman–Crippen LogP) is 1.36. The molecule has 0 heterocycles. The van der Waals surface area contributed by atoms with Crippen LogP contribution < -0.4 is 0 Å². The molecule has 0 aliphatic carbocycles. The van der Waals surface area contributed by atoms with Crippen molar-refractivity contribution in [3.63, 3.8) is 0 Å². The largest absolute Gasteiger partial charge is 0.507 e. The Bertz CT molecular complexity index is 477. The van der Waals surface area contributed by atoms with Gasteiger partial charge in [0.1, 0.15) is 11.3 Å². The second-order valence-corrected chi connectivity index (χ2v) is 3.88. The summed E-state index contributed by atoms with van der Waals surface area (Å²) in [6.45, 7) is 4.00. The predicted molar refractivity (Wildman–Crippen MR) is 56.2 cm³/mol. The molecule has 1 aromatic rings. The molecule has 1 aromatic carbocycles. The zero-order chi connectivity index (χ0) is 12.9.